The molecule has 1 fully saturated rings. The fourth-order valence-electron chi connectivity index (χ4n) is 4.48. The van der Waals surface area contributed by atoms with Crippen molar-refractivity contribution in [2.24, 2.45) is 0 Å². The number of hydrogen-bond acceptors (Lipinski definition) is 6. The topological polar surface area (TPSA) is 113 Å². The van der Waals surface area contributed by atoms with Crippen molar-refractivity contribution >= 4 is 57.2 Å². The predicted octanol–water partition coefficient (Wildman–Crippen LogP) is 6.71. The van der Waals surface area contributed by atoms with E-state index >= 15 is 0 Å². The zero-order valence-electron chi connectivity index (χ0n) is 22.9. The molecule has 4 aromatic carbocycles. The van der Waals surface area contributed by atoms with E-state index in [4.69, 9.17) is 14.6 Å². The number of urea groups is 1. The summed E-state index contributed by atoms with van der Waals surface area (Å²) < 4.78 is 12.4. The first-order valence-electron chi connectivity index (χ1n) is 13.2. The molecule has 5 rings (SSSR count). The Morgan fingerprint density at radius 3 is 1.88 bits per heavy atom. The van der Waals surface area contributed by atoms with Gasteiger partial charge in [0.15, 0.2) is 11.5 Å². The van der Waals surface area contributed by atoms with Crippen molar-refractivity contribution in [3.05, 3.63) is 124 Å². The van der Waals surface area contributed by atoms with Crippen LogP contribution < -0.4 is 19.3 Å². The minimum atomic E-state index is -1.02. The van der Waals surface area contributed by atoms with Crippen LogP contribution in [0.25, 0.3) is 6.08 Å². The Bertz CT molecular complexity index is 1660. The Balaban J connectivity index is 1.52. The minimum Gasteiger partial charge on any atom is -0.490 e. The van der Waals surface area contributed by atoms with E-state index in [9.17, 15) is 19.2 Å². The van der Waals surface area contributed by atoms with Crippen molar-refractivity contribution in [2.45, 2.75) is 13.5 Å². The molecule has 10 heteroatoms. The van der Waals surface area contributed by atoms with E-state index in [1.165, 1.54) is 18.2 Å². The van der Waals surface area contributed by atoms with Crippen LogP contribution in [0.5, 0.6) is 11.5 Å². The summed E-state index contributed by atoms with van der Waals surface area (Å²) in [5, 5.41) is 9.13. The summed E-state index contributed by atoms with van der Waals surface area (Å²) in [7, 11) is 0. The standard InChI is InChI=1S/C33H25BrN2O7/c1-2-42-28-19-22(18-27(34)29(28)43-20-21-13-15-23(16-14-21)32(39)40)17-26-30(37)35(24-9-5-3-6-10-24)33(41)36(31(26)38)25-11-7-4-8-12-25/h3-19H,2,20H2,1H3,(H,39,40). The highest BCUT2D eigenvalue weighted by atomic mass is 79.9. The molecule has 0 unspecified atom stereocenters. The van der Waals surface area contributed by atoms with Gasteiger partial charge < -0.3 is 14.6 Å². The maximum atomic E-state index is 13.7. The maximum absolute atomic E-state index is 13.7. The maximum Gasteiger partial charge on any atom is 0.343 e. The van der Waals surface area contributed by atoms with Gasteiger partial charge in [0.1, 0.15) is 12.2 Å². The lowest BCUT2D eigenvalue weighted by Crippen LogP contribution is -2.57. The van der Waals surface area contributed by atoms with E-state index < -0.39 is 23.8 Å². The molecule has 0 radical (unpaired) electrons. The molecule has 0 aromatic heterocycles. The Kier molecular flexibility index (Phi) is 8.68. The number of hydrogen-bond donors (Lipinski definition) is 1. The number of carboxylic acid groups (broad SMARTS) is 1. The van der Waals surface area contributed by atoms with Crippen LogP contribution >= 0.6 is 15.9 Å². The largest absolute Gasteiger partial charge is 0.490 e. The van der Waals surface area contributed by atoms with Gasteiger partial charge in [-0.05, 0) is 88.6 Å². The number of aromatic carboxylic acids is 1. The highest BCUT2D eigenvalue weighted by Gasteiger charge is 2.43. The second-order valence-corrected chi connectivity index (χ2v) is 10.2. The van der Waals surface area contributed by atoms with Crippen LogP contribution in [0, 0.1) is 0 Å². The van der Waals surface area contributed by atoms with Gasteiger partial charge in [-0.25, -0.2) is 19.4 Å². The first-order chi connectivity index (χ1) is 20.8. The monoisotopic (exact) mass is 640 g/mol. The molecule has 0 bridgehead atoms. The number of para-hydroxylation sites is 2. The molecule has 4 amide bonds. The highest BCUT2D eigenvalue weighted by molar-refractivity contribution is 9.10. The quantitative estimate of drug-likeness (QED) is 0.160. The minimum absolute atomic E-state index is 0.135. The molecule has 1 N–H and O–H groups in total. The van der Waals surface area contributed by atoms with E-state index in [-0.39, 0.29) is 17.7 Å². The number of rotatable bonds is 9. The number of amides is 4. The molecule has 4 aromatic rings. The van der Waals surface area contributed by atoms with Crippen molar-refractivity contribution < 1.29 is 33.8 Å². The van der Waals surface area contributed by atoms with Gasteiger partial charge in [-0.2, -0.15) is 0 Å². The SMILES string of the molecule is CCOc1cc(C=C2C(=O)N(c3ccccc3)C(=O)N(c3ccccc3)C2=O)cc(Br)c1OCc1ccc(C(=O)O)cc1. The summed E-state index contributed by atoms with van der Waals surface area (Å²) in [6.45, 7) is 2.25. The Morgan fingerprint density at radius 1 is 0.814 bits per heavy atom. The lowest BCUT2D eigenvalue weighted by Gasteiger charge is -2.34. The second kappa shape index (κ2) is 12.7. The van der Waals surface area contributed by atoms with E-state index in [0.717, 1.165) is 15.4 Å². The number of halogens is 1. The van der Waals surface area contributed by atoms with Crippen molar-refractivity contribution in [1.29, 1.82) is 0 Å². The third-order valence-corrected chi connectivity index (χ3v) is 7.09. The molecular formula is C33H25BrN2O7. The second-order valence-electron chi connectivity index (χ2n) is 9.35. The van der Waals surface area contributed by atoms with Gasteiger partial charge in [-0.15, -0.1) is 0 Å². The lowest BCUT2D eigenvalue weighted by molar-refractivity contribution is -0.121. The van der Waals surface area contributed by atoms with Crippen LogP contribution in [0.4, 0.5) is 16.2 Å². The summed E-state index contributed by atoms with van der Waals surface area (Å²) in [6.07, 6.45) is 1.42. The third kappa shape index (κ3) is 6.19. The van der Waals surface area contributed by atoms with Gasteiger partial charge in [0.05, 0.1) is 28.0 Å². The highest BCUT2D eigenvalue weighted by Crippen LogP contribution is 2.39. The number of carbonyl (C=O) groups is 4. The summed E-state index contributed by atoms with van der Waals surface area (Å²) >= 11 is 3.52. The Morgan fingerprint density at radius 2 is 1.37 bits per heavy atom. The number of carboxylic acids is 1. The smallest absolute Gasteiger partial charge is 0.343 e. The van der Waals surface area contributed by atoms with Crippen molar-refractivity contribution in [3.63, 3.8) is 0 Å². The van der Waals surface area contributed by atoms with Gasteiger partial charge in [0.25, 0.3) is 11.8 Å². The van der Waals surface area contributed by atoms with Gasteiger partial charge in [0.2, 0.25) is 0 Å². The van der Waals surface area contributed by atoms with Gasteiger partial charge in [-0.3, -0.25) is 9.59 Å². The summed E-state index contributed by atoms with van der Waals surface area (Å²) in [4.78, 5) is 54.0. The summed E-state index contributed by atoms with van der Waals surface area (Å²) in [6, 6.07) is 25.7. The van der Waals surface area contributed by atoms with E-state index in [2.05, 4.69) is 15.9 Å². The summed E-state index contributed by atoms with van der Waals surface area (Å²) in [5.74, 6) is -1.78. The normalized spacial score (nSPS) is 13.3. The Hall–Kier alpha value is -5.22. The first kappa shape index (κ1) is 29.3. The number of carbonyl (C=O) groups excluding carboxylic acids is 3. The number of anilines is 2. The number of ether oxygens (including phenoxy) is 2. The number of benzene rings is 4. The molecule has 0 atom stereocenters. The van der Waals surface area contributed by atoms with E-state index in [1.807, 2.05) is 6.92 Å². The number of barbiturate groups is 1. The molecule has 216 valence electrons. The molecule has 43 heavy (non-hydrogen) atoms. The molecule has 9 nitrogen and oxygen atoms in total. The molecule has 1 heterocycles. The van der Waals surface area contributed by atoms with Crippen molar-refractivity contribution in [1.82, 2.24) is 0 Å². The van der Waals surface area contributed by atoms with Crippen molar-refractivity contribution in [2.75, 3.05) is 16.4 Å². The van der Waals surface area contributed by atoms with E-state index in [1.54, 1.807) is 84.9 Å². The number of imide groups is 2. The average Bonchev–Trinajstić information content (AvgIpc) is 3.00. The van der Waals surface area contributed by atoms with Crippen LogP contribution in [0.2, 0.25) is 0 Å². The van der Waals surface area contributed by atoms with Crippen LogP contribution in [-0.4, -0.2) is 35.5 Å². The van der Waals surface area contributed by atoms with Gasteiger partial charge in [0, 0.05) is 0 Å². The van der Waals surface area contributed by atoms with Crippen LogP contribution in [0.15, 0.2) is 107 Å². The van der Waals surface area contributed by atoms with Crippen LogP contribution in [0.1, 0.15) is 28.4 Å². The Labute approximate surface area is 255 Å². The van der Waals surface area contributed by atoms with Crippen LogP contribution in [0.3, 0.4) is 0 Å². The first-order valence-corrected chi connectivity index (χ1v) is 14.0. The predicted molar refractivity (Wildman–Crippen MR) is 164 cm³/mol. The molecule has 1 saturated heterocycles. The molecular weight excluding hydrogens is 616 g/mol. The third-order valence-electron chi connectivity index (χ3n) is 6.51. The number of nitrogens with zero attached hydrogens (tertiary/aromatic N) is 2. The molecule has 1 aliphatic rings. The fourth-order valence-corrected chi connectivity index (χ4v) is 5.05. The van der Waals surface area contributed by atoms with Gasteiger partial charge in [-0.1, -0.05) is 48.5 Å². The average molecular weight is 641 g/mol. The fraction of sp³-hybridized carbons (Fsp3) is 0.0909. The molecule has 1 aliphatic heterocycles. The zero-order valence-corrected chi connectivity index (χ0v) is 24.5. The van der Waals surface area contributed by atoms with E-state index in [0.29, 0.717) is 39.5 Å². The molecule has 0 aliphatic carbocycles. The van der Waals surface area contributed by atoms with Gasteiger partial charge >= 0.3 is 12.0 Å². The zero-order chi connectivity index (χ0) is 30.5. The van der Waals surface area contributed by atoms with Crippen LogP contribution in [-0.2, 0) is 16.2 Å². The summed E-state index contributed by atoms with van der Waals surface area (Å²) in [5.41, 5.74) is 1.81. The lowest BCUT2D eigenvalue weighted by atomic mass is 10.0. The van der Waals surface area contributed by atoms with Crippen molar-refractivity contribution in [3.8, 4) is 11.5 Å². The molecule has 0 saturated carbocycles. The molecule has 0 spiro atoms.